The molecule has 0 atom stereocenters. The lowest BCUT2D eigenvalue weighted by atomic mass is 9.97. The molecule has 46 heavy (non-hydrogen) atoms. The Hall–Kier alpha value is -6.12. The molecule has 0 aliphatic heterocycles. The zero-order valence-corrected chi connectivity index (χ0v) is 23.7. The molecule has 2 heteroatoms. The van der Waals surface area contributed by atoms with Crippen LogP contribution in [0, 0.1) is 0 Å². The number of benzene rings is 8. The quantitative estimate of drug-likeness (QED) is 0.194. The van der Waals surface area contributed by atoms with Gasteiger partial charge in [-0.05, 0) is 98.3 Å². The number of nitrogens with zero attached hydrogens (tertiary/aromatic N) is 1. The molecule has 1 heterocycles. The highest BCUT2D eigenvalue weighted by Crippen LogP contribution is 2.39. The molecule has 0 bridgehead atoms. The van der Waals surface area contributed by atoms with Crippen LogP contribution in [-0.4, -0.2) is 0 Å². The molecule has 9 rings (SSSR count). The summed E-state index contributed by atoms with van der Waals surface area (Å²) in [7, 11) is 0. The Balaban J connectivity index is 1.21. The summed E-state index contributed by atoms with van der Waals surface area (Å²) in [6.45, 7) is 0. The highest BCUT2D eigenvalue weighted by Gasteiger charge is 2.14. The summed E-state index contributed by atoms with van der Waals surface area (Å²) in [6.07, 6.45) is 0. The Morgan fingerprint density at radius 3 is 1.93 bits per heavy atom. The van der Waals surface area contributed by atoms with Gasteiger partial charge in [-0.3, -0.25) is 0 Å². The Bertz CT molecular complexity index is 3490. The second kappa shape index (κ2) is 10.8. The van der Waals surface area contributed by atoms with Gasteiger partial charge in [0, 0.05) is 27.8 Å². The van der Waals surface area contributed by atoms with Crippen LogP contribution in [0.25, 0.3) is 65.7 Å². The molecular weight excluding hydrogens is 558 g/mol. The molecule has 0 amide bonds. The SMILES string of the molecule is [2H]c1cc2oc3c([2H])c([2H])c4cc(-c5ccc(N(c6ccc(-c7c([2H])c([2H])c([2H])c8c([2H])c([2H])c([2H])c([2H])c78)cc6)c6c([2H])c([2H])c([2H])c([2H])c6[2H])cc5)cc([2H])c4c3c2c([2H])c1[2H]. The Morgan fingerprint density at radius 2 is 1.11 bits per heavy atom. The van der Waals surface area contributed by atoms with Crippen LogP contribution in [0.5, 0.6) is 0 Å². The van der Waals surface area contributed by atoms with Crippen LogP contribution in [-0.2, 0) is 0 Å². The maximum Gasteiger partial charge on any atom is 0.136 e. The van der Waals surface area contributed by atoms with Gasteiger partial charge in [-0.2, -0.15) is 0 Å². The lowest BCUT2D eigenvalue weighted by Crippen LogP contribution is -2.09. The topological polar surface area (TPSA) is 16.4 Å². The average Bonchev–Trinajstić information content (AvgIpc) is 3.67. The van der Waals surface area contributed by atoms with Crippen LogP contribution in [0.4, 0.5) is 17.1 Å². The van der Waals surface area contributed by atoms with E-state index in [1.165, 1.54) is 41.3 Å². The van der Waals surface area contributed by atoms with E-state index >= 15 is 0 Å². The van der Waals surface area contributed by atoms with Crippen LogP contribution >= 0.6 is 0 Å². The first-order valence-corrected chi connectivity index (χ1v) is 14.2. The molecule has 2 nitrogen and oxygen atoms in total. The summed E-state index contributed by atoms with van der Waals surface area (Å²) in [5.74, 6) is 0. The van der Waals surface area contributed by atoms with Crippen molar-refractivity contribution in [1.29, 1.82) is 0 Å². The normalized spacial score (nSPS) is 17.0. The van der Waals surface area contributed by atoms with Crippen LogP contribution in [0.15, 0.2) is 180 Å². The molecule has 0 aliphatic rings. The first-order valence-electron chi connectivity index (χ1n) is 23.2. The van der Waals surface area contributed by atoms with Gasteiger partial charge < -0.3 is 9.32 Å². The maximum absolute atomic E-state index is 9.12. The van der Waals surface area contributed by atoms with E-state index in [1.807, 2.05) is 0 Å². The first kappa shape index (κ1) is 13.9. The maximum atomic E-state index is 9.12. The minimum Gasteiger partial charge on any atom is -0.456 e. The van der Waals surface area contributed by atoms with E-state index < -0.39 is 72.5 Å². The summed E-state index contributed by atoms with van der Waals surface area (Å²) in [5.41, 5.74) is 1.67. The van der Waals surface area contributed by atoms with Gasteiger partial charge in [-0.15, -0.1) is 0 Å². The number of rotatable bonds is 5. The third-order valence-corrected chi connectivity index (χ3v) is 7.80. The van der Waals surface area contributed by atoms with Gasteiger partial charge in [0.25, 0.3) is 0 Å². The zero-order valence-electron chi connectivity index (χ0n) is 41.7. The van der Waals surface area contributed by atoms with Crippen LogP contribution in [0.1, 0.15) is 24.7 Å². The van der Waals surface area contributed by atoms with Gasteiger partial charge in [-0.1, -0.05) is 121 Å². The van der Waals surface area contributed by atoms with E-state index in [1.54, 1.807) is 30.3 Å². The Labute approximate surface area is 292 Å². The molecule has 8 aromatic carbocycles. The van der Waals surface area contributed by atoms with Crippen LogP contribution in [0.2, 0.25) is 0 Å². The fourth-order valence-electron chi connectivity index (χ4n) is 5.67. The van der Waals surface area contributed by atoms with E-state index in [-0.39, 0.29) is 102 Å². The summed E-state index contributed by atoms with van der Waals surface area (Å²) in [6, 6.07) is 9.05. The number of hydrogen-bond donors (Lipinski definition) is 0. The molecule has 0 saturated heterocycles. The second-order valence-corrected chi connectivity index (χ2v) is 10.4. The van der Waals surface area contributed by atoms with Crippen molar-refractivity contribution in [3.8, 4) is 22.3 Å². The molecule has 0 aliphatic carbocycles. The predicted molar refractivity (Wildman–Crippen MR) is 194 cm³/mol. The third kappa shape index (κ3) is 4.43. The van der Waals surface area contributed by atoms with Gasteiger partial charge in [0.2, 0.25) is 0 Å². The van der Waals surface area contributed by atoms with Gasteiger partial charge in [0.1, 0.15) is 11.2 Å². The number of anilines is 3. The van der Waals surface area contributed by atoms with E-state index in [4.69, 9.17) is 29.1 Å². The second-order valence-electron chi connectivity index (χ2n) is 10.4. The van der Waals surface area contributed by atoms with E-state index in [0.717, 1.165) is 0 Å². The lowest BCUT2D eigenvalue weighted by molar-refractivity contribution is 0.669. The fraction of sp³-hybridized carbons (Fsp3) is 0. The monoisotopic (exact) mass is 605 g/mol. The number of para-hydroxylation sites is 2. The minimum absolute atomic E-state index is 0.0178. The van der Waals surface area contributed by atoms with Crippen molar-refractivity contribution in [3.05, 3.63) is 175 Å². The number of furan rings is 1. The summed E-state index contributed by atoms with van der Waals surface area (Å²) >= 11 is 0. The van der Waals surface area contributed by atoms with Crippen LogP contribution in [0.3, 0.4) is 0 Å². The molecule has 0 spiro atoms. The molecule has 216 valence electrons. The van der Waals surface area contributed by atoms with Crippen molar-refractivity contribution < 1.29 is 29.1 Å². The molecule has 0 saturated carbocycles. The number of hydrogen-bond acceptors (Lipinski definition) is 2. The van der Waals surface area contributed by atoms with Crippen LogP contribution < -0.4 is 4.90 Å². The van der Waals surface area contributed by atoms with E-state index in [2.05, 4.69) is 0 Å². The number of fused-ring (bicyclic) bond motifs is 6. The van der Waals surface area contributed by atoms with Gasteiger partial charge >= 0.3 is 0 Å². The van der Waals surface area contributed by atoms with Crippen molar-refractivity contribution >= 4 is 60.5 Å². The lowest BCUT2D eigenvalue weighted by Gasteiger charge is -2.26. The molecule has 0 fully saturated rings. The van der Waals surface area contributed by atoms with Gasteiger partial charge in [-0.25, -0.2) is 0 Å². The molecule has 1 aromatic heterocycles. The molecule has 0 N–H and O–H groups in total. The van der Waals surface area contributed by atoms with E-state index in [0.29, 0.717) is 16.8 Å². The summed E-state index contributed by atoms with van der Waals surface area (Å²) in [4.78, 5) is 1.43. The van der Waals surface area contributed by atoms with Gasteiger partial charge in [0.15, 0.2) is 0 Å². The molecule has 0 radical (unpaired) electrons. The van der Waals surface area contributed by atoms with Crippen molar-refractivity contribution in [2.75, 3.05) is 4.90 Å². The fourth-order valence-corrected chi connectivity index (χ4v) is 5.67. The highest BCUT2D eigenvalue weighted by atomic mass is 16.3. The largest absolute Gasteiger partial charge is 0.456 e. The summed E-state index contributed by atoms with van der Waals surface area (Å²) < 4.78 is 160. The summed E-state index contributed by atoms with van der Waals surface area (Å²) in [5, 5.41) is 0.499. The van der Waals surface area contributed by atoms with Crippen molar-refractivity contribution in [2.45, 2.75) is 0 Å². The zero-order chi connectivity index (χ0) is 46.1. The minimum atomic E-state index is -0.610. The van der Waals surface area contributed by atoms with Gasteiger partial charge in [0.05, 0.1) is 24.7 Å². The smallest absolute Gasteiger partial charge is 0.136 e. The highest BCUT2D eigenvalue weighted by molar-refractivity contribution is 6.19. The van der Waals surface area contributed by atoms with Crippen molar-refractivity contribution in [2.24, 2.45) is 0 Å². The first-order chi connectivity index (χ1) is 30.3. The molecule has 9 aromatic rings. The van der Waals surface area contributed by atoms with E-state index in [9.17, 15) is 0 Å². The third-order valence-electron chi connectivity index (χ3n) is 7.80. The Kier molecular flexibility index (Phi) is 3.26. The molecule has 0 unspecified atom stereocenters. The molecular formula is C44H29NO. The standard InChI is InChI=1S/C44H29NO/c1-2-11-35(12-3-1)45(37-25-19-32(20-26-37)39-15-8-10-31-9-4-5-13-38(31)39)36-23-17-30(18-24-36)33-21-27-40-34(29-33)22-28-43-44(40)41-14-6-7-16-42(41)46-43/h1-29H/i1D,2D,3D,4D,5D,6D,7D,8D,9D,10D,11D,12D,13D,14D,15D,22D,27D,28D. The van der Waals surface area contributed by atoms with Crippen molar-refractivity contribution in [3.63, 3.8) is 0 Å². The predicted octanol–water partition coefficient (Wildman–Crippen LogP) is 12.7. The average molecular weight is 606 g/mol. The Morgan fingerprint density at radius 1 is 0.413 bits per heavy atom. The van der Waals surface area contributed by atoms with Crippen molar-refractivity contribution in [1.82, 2.24) is 0 Å².